The van der Waals surface area contributed by atoms with Gasteiger partial charge >= 0.3 is 12.0 Å². The molecule has 21 heavy (non-hydrogen) atoms. The number of urea groups is 1. The molecule has 0 bridgehead atoms. The van der Waals surface area contributed by atoms with Gasteiger partial charge < -0.3 is 20.6 Å². The Balaban J connectivity index is 2.68. The van der Waals surface area contributed by atoms with Crippen LogP contribution < -0.4 is 10.6 Å². The van der Waals surface area contributed by atoms with Crippen LogP contribution >= 0.6 is 0 Å². The maximum absolute atomic E-state index is 11.9. The van der Waals surface area contributed by atoms with Crippen LogP contribution in [0.25, 0.3) is 0 Å². The van der Waals surface area contributed by atoms with Gasteiger partial charge in [0.2, 0.25) is 0 Å². The average molecular weight is 293 g/mol. The Morgan fingerprint density at radius 1 is 1.29 bits per heavy atom. The van der Waals surface area contributed by atoms with Gasteiger partial charge in [-0.15, -0.1) is 0 Å². The SMILES string of the molecule is Cc1ccc(NC(=O)NCC(C)(C)N(C)C)cc1C(=O)O. The van der Waals surface area contributed by atoms with Crippen LogP contribution in [0.15, 0.2) is 18.2 Å². The highest BCUT2D eigenvalue weighted by atomic mass is 16.4. The summed E-state index contributed by atoms with van der Waals surface area (Å²) >= 11 is 0. The van der Waals surface area contributed by atoms with E-state index in [1.54, 1.807) is 19.1 Å². The zero-order valence-corrected chi connectivity index (χ0v) is 13.2. The topological polar surface area (TPSA) is 81.7 Å². The third-order valence-electron chi connectivity index (χ3n) is 3.62. The zero-order chi connectivity index (χ0) is 16.2. The molecule has 1 aromatic carbocycles. The highest BCUT2D eigenvalue weighted by Gasteiger charge is 2.21. The fourth-order valence-electron chi connectivity index (χ4n) is 1.56. The molecule has 0 spiro atoms. The molecule has 0 saturated carbocycles. The van der Waals surface area contributed by atoms with Crippen molar-refractivity contribution in [2.75, 3.05) is 26.0 Å². The van der Waals surface area contributed by atoms with Gasteiger partial charge in [0.05, 0.1) is 5.56 Å². The number of nitrogens with zero attached hydrogens (tertiary/aromatic N) is 1. The largest absolute Gasteiger partial charge is 0.478 e. The number of nitrogens with one attached hydrogen (secondary N) is 2. The number of rotatable bonds is 5. The number of aromatic carboxylic acids is 1. The summed E-state index contributed by atoms with van der Waals surface area (Å²) in [5.74, 6) is -1.01. The second-order valence-electron chi connectivity index (χ2n) is 5.85. The molecule has 0 aliphatic carbocycles. The molecule has 0 aliphatic heterocycles. The molecule has 0 aromatic heterocycles. The minimum Gasteiger partial charge on any atom is -0.478 e. The van der Waals surface area contributed by atoms with Gasteiger partial charge in [0.1, 0.15) is 0 Å². The summed E-state index contributed by atoms with van der Waals surface area (Å²) in [4.78, 5) is 24.9. The number of hydrogen-bond donors (Lipinski definition) is 3. The van der Waals surface area contributed by atoms with Gasteiger partial charge in [0, 0.05) is 17.8 Å². The van der Waals surface area contributed by atoms with E-state index in [-0.39, 0.29) is 17.1 Å². The van der Waals surface area contributed by atoms with Gasteiger partial charge in [-0.2, -0.15) is 0 Å². The summed E-state index contributed by atoms with van der Waals surface area (Å²) < 4.78 is 0. The van der Waals surface area contributed by atoms with E-state index in [4.69, 9.17) is 5.11 Å². The van der Waals surface area contributed by atoms with Crippen molar-refractivity contribution in [1.29, 1.82) is 0 Å². The predicted octanol–water partition coefficient (Wildman–Crippen LogP) is 2.15. The van der Waals surface area contributed by atoms with E-state index in [1.165, 1.54) is 6.07 Å². The summed E-state index contributed by atoms with van der Waals surface area (Å²) in [7, 11) is 3.89. The van der Waals surface area contributed by atoms with Crippen LogP contribution in [0.3, 0.4) is 0 Å². The van der Waals surface area contributed by atoms with Gasteiger partial charge in [0.25, 0.3) is 0 Å². The van der Waals surface area contributed by atoms with Crippen molar-refractivity contribution < 1.29 is 14.7 Å². The first kappa shape index (κ1) is 17.0. The molecule has 0 saturated heterocycles. The van der Waals surface area contributed by atoms with E-state index in [2.05, 4.69) is 10.6 Å². The smallest absolute Gasteiger partial charge is 0.336 e. The molecule has 0 heterocycles. The Morgan fingerprint density at radius 2 is 1.90 bits per heavy atom. The maximum atomic E-state index is 11.9. The van der Waals surface area contributed by atoms with Crippen LogP contribution in [-0.2, 0) is 0 Å². The molecule has 0 fully saturated rings. The second-order valence-corrected chi connectivity index (χ2v) is 5.85. The maximum Gasteiger partial charge on any atom is 0.336 e. The number of benzene rings is 1. The first-order chi connectivity index (χ1) is 9.63. The molecule has 116 valence electrons. The molecule has 6 nitrogen and oxygen atoms in total. The van der Waals surface area contributed by atoms with Crippen LogP contribution in [0.4, 0.5) is 10.5 Å². The fourth-order valence-corrected chi connectivity index (χ4v) is 1.56. The van der Waals surface area contributed by atoms with Gasteiger partial charge in [-0.25, -0.2) is 9.59 Å². The predicted molar refractivity (Wildman–Crippen MR) is 82.9 cm³/mol. The van der Waals surface area contributed by atoms with E-state index >= 15 is 0 Å². The van der Waals surface area contributed by atoms with Gasteiger partial charge in [0.15, 0.2) is 0 Å². The standard InChI is InChI=1S/C15H23N3O3/c1-10-6-7-11(8-12(10)13(19)20)17-14(21)16-9-15(2,3)18(4)5/h6-8H,9H2,1-5H3,(H,19,20)(H2,16,17,21). The Bertz CT molecular complexity index is 539. The van der Waals surface area contributed by atoms with E-state index in [1.807, 2.05) is 32.8 Å². The number of likely N-dealkylation sites (N-methyl/N-ethyl adjacent to an activating group) is 1. The third kappa shape index (κ3) is 4.75. The number of aryl methyl sites for hydroxylation is 1. The van der Waals surface area contributed by atoms with Crippen LogP contribution in [0.5, 0.6) is 0 Å². The molecule has 2 amide bonds. The Morgan fingerprint density at radius 3 is 2.43 bits per heavy atom. The number of amides is 2. The van der Waals surface area contributed by atoms with Crippen LogP contribution in [-0.4, -0.2) is 48.2 Å². The highest BCUT2D eigenvalue weighted by molar-refractivity contribution is 5.94. The minimum atomic E-state index is -1.01. The molecular weight excluding hydrogens is 270 g/mol. The van der Waals surface area contributed by atoms with E-state index in [0.717, 1.165) is 0 Å². The van der Waals surface area contributed by atoms with Crippen molar-refractivity contribution in [3.63, 3.8) is 0 Å². The molecule has 6 heteroatoms. The van der Waals surface area contributed by atoms with Crippen LogP contribution in [0.2, 0.25) is 0 Å². The number of anilines is 1. The molecule has 0 atom stereocenters. The van der Waals surface area contributed by atoms with E-state index in [0.29, 0.717) is 17.8 Å². The molecule has 3 N–H and O–H groups in total. The Hall–Kier alpha value is -2.08. The number of carboxylic acids is 1. The fraction of sp³-hybridized carbons (Fsp3) is 0.467. The van der Waals surface area contributed by atoms with Crippen molar-refractivity contribution in [2.45, 2.75) is 26.3 Å². The lowest BCUT2D eigenvalue weighted by Gasteiger charge is -2.32. The molecule has 0 aliphatic rings. The lowest BCUT2D eigenvalue weighted by atomic mass is 10.0. The number of carboxylic acid groups (broad SMARTS) is 1. The lowest BCUT2D eigenvalue weighted by Crippen LogP contribution is -2.49. The minimum absolute atomic E-state index is 0.170. The zero-order valence-electron chi connectivity index (χ0n) is 13.2. The van der Waals surface area contributed by atoms with Crippen LogP contribution in [0, 0.1) is 6.92 Å². The van der Waals surface area contributed by atoms with Crippen molar-refractivity contribution in [3.05, 3.63) is 29.3 Å². The monoisotopic (exact) mass is 293 g/mol. The number of carbonyl (C=O) groups is 2. The van der Waals surface area contributed by atoms with Gasteiger partial charge in [-0.3, -0.25) is 0 Å². The summed E-state index contributed by atoms with van der Waals surface area (Å²) in [6, 6.07) is 4.44. The Kier molecular flexibility index (Phi) is 5.32. The summed E-state index contributed by atoms with van der Waals surface area (Å²) in [5, 5.41) is 14.5. The third-order valence-corrected chi connectivity index (χ3v) is 3.62. The van der Waals surface area contributed by atoms with Crippen molar-refractivity contribution in [3.8, 4) is 0 Å². The van der Waals surface area contributed by atoms with E-state index < -0.39 is 5.97 Å². The van der Waals surface area contributed by atoms with Crippen molar-refractivity contribution >= 4 is 17.7 Å². The molecule has 1 aromatic rings. The normalized spacial score (nSPS) is 11.3. The van der Waals surface area contributed by atoms with Crippen LogP contribution in [0.1, 0.15) is 29.8 Å². The summed E-state index contributed by atoms with van der Waals surface area (Å²) in [5.41, 5.74) is 1.12. The quantitative estimate of drug-likeness (QED) is 0.777. The molecule has 0 unspecified atom stereocenters. The number of hydrogen-bond acceptors (Lipinski definition) is 3. The Labute approximate surface area is 125 Å². The van der Waals surface area contributed by atoms with Crippen molar-refractivity contribution in [2.24, 2.45) is 0 Å². The lowest BCUT2D eigenvalue weighted by molar-refractivity contribution is 0.0696. The second kappa shape index (κ2) is 6.58. The summed E-state index contributed by atoms with van der Waals surface area (Å²) in [6.45, 7) is 6.22. The van der Waals surface area contributed by atoms with E-state index in [9.17, 15) is 9.59 Å². The molecular formula is C15H23N3O3. The first-order valence-electron chi connectivity index (χ1n) is 6.70. The van der Waals surface area contributed by atoms with Crippen molar-refractivity contribution in [1.82, 2.24) is 10.2 Å². The summed E-state index contributed by atoms with van der Waals surface area (Å²) in [6.07, 6.45) is 0. The van der Waals surface area contributed by atoms with Gasteiger partial charge in [-0.1, -0.05) is 6.07 Å². The van der Waals surface area contributed by atoms with Gasteiger partial charge in [-0.05, 0) is 52.6 Å². The number of carbonyl (C=O) groups excluding carboxylic acids is 1. The molecule has 0 radical (unpaired) electrons. The molecule has 1 rings (SSSR count). The highest BCUT2D eigenvalue weighted by Crippen LogP contribution is 2.15. The average Bonchev–Trinajstić information content (AvgIpc) is 2.38. The first-order valence-corrected chi connectivity index (χ1v) is 6.70.